The molecule has 206 valence electrons. The van der Waals surface area contributed by atoms with E-state index in [1.54, 1.807) is 7.11 Å². The third kappa shape index (κ3) is 8.27. The zero-order valence-corrected chi connectivity index (χ0v) is 26.7. The number of aliphatic hydroxyl groups excluding tert-OH is 1. The molecule has 3 atom stereocenters. The van der Waals surface area contributed by atoms with Crippen molar-refractivity contribution < 1.29 is 23.4 Å². The van der Waals surface area contributed by atoms with Gasteiger partial charge in [-0.2, -0.15) is 0 Å². The summed E-state index contributed by atoms with van der Waals surface area (Å²) in [5.41, 5.74) is 2.31. The second-order valence-corrected chi connectivity index (χ2v) is 22.8. The maximum Gasteiger partial charge on any atom is 0.192 e. The van der Waals surface area contributed by atoms with Crippen LogP contribution in [0, 0.1) is 5.92 Å². The molecule has 0 amide bonds. The summed E-state index contributed by atoms with van der Waals surface area (Å²) in [6, 6.07) is 7.95. The number of hydrogen-bond donors (Lipinski definition) is 1. The van der Waals surface area contributed by atoms with Gasteiger partial charge in [-0.05, 0) is 66.8 Å². The number of hydrogen-bond acceptors (Lipinski definition) is 5. The third-order valence-corrected chi connectivity index (χ3v) is 17.5. The lowest BCUT2D eigenvalue weighted by atomic mass is 9.80. The average Bonchev–Trinajstić information content (AvgIpc) is 2.75. The lowest BCUT2D eigenvalue weighted by Crippen LogP contribution is -2.51. The van der Waals surface area contributed by atoms with Gasteiger partial charge in [0.05, 0.1) is 39.1 Å². The number of aliphatic hydroxyl groups is 1. The van der Waals surface area contributed by atoms with Crippen molar-refractivity contribution in [3.63, 3.8) is 0 Å². The van der Waals surface area contributed by atoms with E-state index in [-0.39, 0.29) is 34.8 Å². The number of methoxy groups -OCH3 is 1. The summed E-state index contributed by atoms with van der Waals surface area (Å²) in [6.45, 7) is 24.0. The molecule has 0 unspecified atom stereocenters. The summed E-state index contributed by atoms with van der Waals surface area (Å²) in [5.74, 6) is 0.817. The zero-order valence-electron chi connectivity index (χ0n) is 24.7. The summed E-state index contributed by atoms with van der Waals surface area (Å²) >= 11 is 0. The van der Waals surface area contributed by atoms with Crippen LogP contribution >= 0.6 is 0 Å². The summed E-state index contributed by atoms with van der Waals surface area (Å²) in [7, 11) is -2.29. The fourth-order valence-corrected chi connectivity index (χ4v) is 6.80. The first-order valence-electron chi connectivity index (χ1n) is 13.4. The minimum absolute atomic E-state index is 0.0250. The van der Waals surface area contributed by atoms with Crippen LogP contribution in [0.15, 0.2) is 35.9 Å². The van der Waals surface area contributed by atoms with Crippen LogP contribution in [0.2, 0.25) is 36.3 Å². The number of benzene rings is 1. The fourth-order valence-electron chi connectivity index (χ4n) is 4.06. The Balaban J connectivity index is 2.22. The van der Waals surface area contributed by atoms with Crippen molar-refractivity contribution in [3.8, 4) is 5.75 Å². The first kappa shape index (κ1) is 31.3. The molecule has 0 aromatic heterocycles. The van der Waals surface area contributed by atoms with Crippen LogP contribution in [0.1, 0.15) is 59.9 Å². The molecule has 0 radical (unpaired) electrons. The lowest BCUT2D eigenvalue weighted by molar-refractivity contribution is 0.0205. The van der Waals surface area contributed by atoms with Crippen LogP contribution in [0.3, 0.4) is 0 Å². The summed E-state index contributed by atoms with van der Waals surface area (Å²) < 4.78 is 25.1. The highest BCUT2D eigenvalue weighted by Crippen LogP contribution is 2.44. The Morgan fingerprint density at radius 2 is 1.47 bits per heavy atom. The van der Waals surface area contributed by atoms with Gasteiger partial charge in [0.15, 0.2) is 16.6 Å². The Labute approximate surface area is 222 Å². The highest BCUT2D eigenvalue weighted by molar-refractivity contribution is 6.74. The molecule has 0 aliphatic heterocycles. The second kappa shape index (κ2) is 12.3. The molecule has 1 aliphatic carbocycles. The van der Waals surface area contributed by atoms with Crippen LogP contribution in [0.25, 0.3) is 0 Å². The van der Waals surface area contributed by atoms with Crippen LogP contribution in [-0.2, 0) is 20.2 Å². The van der Waals surface area contributed by atoms with Gasteiger partial charge in [-0.3, -0.25) is 0 Å². The average molecular weight is 537 g/mol. The van der Waals surface area contributed by atoms with E-state index in [0.717, 1.165) is 24.2 Å². The largest absolute Gasteiger partial charge is 0.497 e. The quantitative estimate of drug-likeness (QED) is 0.193. The van der Waals surface area contributed by atoms with Crippen LogP contribution in [0.5, 0.6) is 5.75 Å². The lowest BCUT2D eigenvalue weighted by Gasteiger charge is -2.47. The number of rotatable bonds is 10. The van der Waals surface area contributed by atoms with Gasteiger partial charge in [0, 0.05) is 5.92 Å². The molecule has 1 fully saturated rings. The summed E-state index contributed by atoms with van der Waals surface area (Å²) in [4.78, 5) is 0. The van der Waals surface area contributed by atoms with Crippen molar-refractivity contribution in [3.05, 3.63) is 41.5 Å². The smallest absolute Gasteiger partial charge is 0.192 e. The SMILES string of the molecule is COc1ccc(COC/C=C2/C[C@@H](O[Si](C)(C)C(C)(C)C)C[C@H](O[Si](C)(C)C(C)(C)C)[C@H]2CO)cc1. The minimum atomic E-state index is -2.02. The van der Waals surface area contributed by atoms with Gasteiger partial charge in [0.2, 0.25) is 0 Å². The van der Waals surface area contributed by atoms with Crippen LogP contribution < -0.4 is 4.74 Å². The van der Waals surface area contributed by atoms with E-state index in [1.807, 2.05) is 24.3 Å². The van der Waals surface area contributed by atoms with Crippen molar-refractivity contribution in [2.75, 3.05) is 20.3 Å². The Morgan fingerprint density at radius 1 is 0.917 bits per heavy atom. The van der Waals surface area contributed by atoms with Gasteiger partial charge in [0.25, 0.3) is 0 Å². The first-order chi connectivity index (χ1) is 16.5. The van der Waals surface area contributed by atoms with E-state index in [1.165, 1.54) is 5.57 Å². The first-order valence-corrected chi connectivity index (χ1v) is 19.2. The van der Waals surface area contributed by atoms with E-state index in [4.69, 9.17) is 18.3 Å². The van der Waals surface area contributed by atoms with Gasteiger partial charge < -0.3 is 23.4 Å². The molecular weight excluding hydrogens is 484 g/mol. The Hall–Kier alpha value is -0.966. The highest BCUT2D eigenvalue weighted by atomic mass is 28.4. The van der Waals surface area contributed by atoms with E-state index in [2.05, 4.69) is 73.8 Å². The topological polar surface area (TPSA) is 57.2 Å². The molecular formula is C29H52O5Si2. The Bertz CT molecular complexity index is 850. The van der Waals surface area contributed by atoms with Gasteiger partial charge >= 0.3 is 0 Å². The van der Waals surface area contributed by atoms with Crippen molar-refractivity contribution in [2.45, 2.75) is 109 Å². The molecule has 0 heterocycles. The van der Waals surface area contributed by atoms with Gasteiger partial charge in [0.1, 0.15) is 5.75 Å². The van der Waals surface area contributed by atoms with Crippen LogP contribution in [0.4, 0.5) is 0 Å². The van der Waals surface area contributed by atoms with E-state index in [0.29, 0.717) is 13.2 Å². The molecule has 1 aromatic rings. The third-order valence-electron chi connectivity index (χ3n) is 8.49. The maximum atomic E-state index is 10.5. The highest BCUT2D eigenvalue weighted by Gasteiger charge is 2.46. The zero-order chi connectivity index (χ0) is 27.4. The molecule has 2 rings (SSSR count). The van der Waals surface area contributed by atoms with Crippen LogP contribution in [-0.4, -0.2) is 54.3 Å². The van der Waals surface area contributed by atoms with Gasteiger partial charge in [-0.25, -0.2) is 0 Å². The Kier molecular flexibility index (Phi) is 10.6. The molecule has 5 nitrogen and oxygen atoms in total. The molecule has 0 saturated heterocycles. The molecule has 1 aliphatic rings. The van der Waals surface area contributed by atoms with Gasteiger partial charge in [-0.1, -0.05) is 65.3 Å². The maximum absolute atomic E-state index is 10.5. The summed E-state index contributed by atoms with van der Waals surface area (Å²) in [5, 5.41) is 10.7. The van der Waals surface area contributed by atoms with E-state index >= 15 is 0 Å². The Morgan fingerprint density at radius 3 is 1.97 bits per heavy atom. The summed E-state index contributed by atoms with van der Waals surface area (Å²) in [6.07, 6.45) is 3.85. The molecule has 7 heteroatoms. The monoisotopic (exact) mass is 536 g/mol. The van der Waals surface area contributed by atoms with Crippen molar-refractivity contribution in [1.82, 2.24) is 0 Å². The predicted molar refractivity (Wildman–Crippen MR) is 155 cm³/mol. The predicted octanol–water partition coefficient (Wildman–Crippen LogP) is 7.32. The van der Waals surface area contributed by atoms with Gasteiger partial charge in [-0.15, -0.1) is 0 Å². The van der Waals surface area contributed by atoms with E-state index < -0.39 is 16.6 Å². The fraction of sp³-hybridized carbons (Fsp3) is 0.724. The standard InChI is InChI=1S/C29H52O5Si2/c1-28(2,3)35(8,9)33-25-18-23(16-17-32-21-22-12-14-24(31-7)15-13-22)26(20-30)27(19-25)34-36(10,11)29(4,5)6/h12-16,25-27,30H,17-21H2,1-11H3/b23-16-/t25-,26+,27+/m1/s1. The molecule has 36 heavy (non-hydrogen) atoms. The van der Waals surface area contributed by atoms with Crippen molar-refractivity contribution >= 4 is 16.6 Å². The molecule has 1 aromatic carbocycles. The molecule has 1 saturated carbocycles. The van der Waals surface area contributed by atoms with Crippen molar-refractivity contribution in [1.29, 1.82) is 0 Å². The van der Waals surface area contributed by atoms with E-state index in [9.17, 15) is 5.11 Å². The number of ether oxygens (including phenoxy) is 2. The minimum Gasteiger partial charge on any atom is -0.497 e. The molecule has 0 bridgehead atoms. The van der Waals surface area contributed by atoms with Crippen molar-refractivity contribution in [2.24, 2.45) is 5.92 Å². The molecule has 1 N–H and O–H groups in total. The normalized spacial score (nSPS) is 23.2. The second-order valence-electron chi connectivity index (χ2n) is 13.3. The molecule has 0 spiro atoms.